The van der Waals surface area contributed by atoms with Gasteiger partial charge in [-0.3, -0.25) is 0 Å². The summed E-state index contributed by atoms with van der Waals surface area (Å²) in [7, 11) is 0. The molecule has 0 spiro atoms. The Bertz CT molecular complexity index is 724. The largest absolute Gasteiger partial charge is 0.457 e. The van der Waals surface area contributed by atoms with E-state index in [9.17, 15) is 13.6 Å². The summed E-state index contributed by atoms with van der Waals surface area (Å²) in [5.74, 6) is -3.17. The Morgan fingerprint density at radius 3 is 2.43 bits per heavy atom. The zero-order chi connectivity index (χ0) is 15.4. The molecule has 2 aromatic rings. The average Bonchev–Trinajstić information content (AvgIpc) is 2.49. The first-order valence-electron chi connectivity index (χ1n) is 5.82. The normalized spacial score (nSPS) is 10.0. The molecule has 0 N–H and O–H groups in total. The van der Waals surface area contributed by atoms with Crippen molar-refractivity contribution in [3.05, 3.63) is 69.7 Å². The van der Waals surface area contributed by atoms with E-state index in [1.807, 2.05) is 6.07 Å². The van der Waals surface area contributed by atoms with Gasteiger partial charge >= 0.3 is 5.97 Å². The average molecular weight is 308 g/mol. The monoisotopic (exact) mass is 307 g/mol. The minimum atomic E-state index is -1.18. The maximum atomic E-state index is 13.1. The maximum absolute atomic E-state index is 13.1. The predicted octanol–water partition coefficient (Wildman–Crippen LogP) is 3.85. The molecule has 0 aliphatic rings. The Morgan fingerprint density at radius 2 is 1.81 bits per heavy atom. The molecule has 0 aliphatic heterocycles. The third kappa shape index (κ3) is 3.56. The fourth-order valence-electron chi connectivity index (χ4n) is 1.58. The first kappa shape index (κ1) is 14.9. The summed E-state index contributed by atoms with van der Waals surface area (Å²) in [5.41, 5.74) is 0.888. The van der Waals surface area contributed by atoms with Crippen molar-refractivity contribution in [3.63, 3.8) is 0 Å². The van der Waals surface area contributed by atoms with Crippen molar-refractivity contribution in [1.29, 1.82) is 5.26 Å². The SMILES string of the molecule is N#Cc1ccc(COC(=O)c2cc(F)c(F)cc2Cl)cc1. The van der Waals surface area contributed by atoms with Crippen molar-refractivity contribution in [2.45, 2.75) is 6.61 Å². The van der Waals surface area contributed by atoms with Crippen LogP contribution in [0.3, 0.4) is 0 Å². The molecule has 2 aromatic carbocycles. The van der Waals surface area contributed by atoms with Crippen LogP contribution < -0.4 is 0 Å². The lowest BCUT2D eigenvalue weighted by Crippen LogP contribution is -2.07. The Labute approximate surface area is 124 Å². The van der Waals surface area contributed by atoms with Gasteiger partial charge in [0, 0.05) is 0 Å². The van der Waals surface area contributed by atoms with Gasteiger partial charge in [0.2, 0.25) is 0 Å². The highest BCUT2D eigenvalue weighted by molar-refractivity contribution is 6.33. The summed E-state index contributed by atoms with van der Waals surface area (Å²) in [6.45, 7) is -0.0696. The zero-order valence-electron chi connectivity index (χ0n) is 10.6. The molecule has 0 fully saturated rings. The minimum Gasteiger partial charge on any atom is -0.457 e. The lowest BCUT2D eigenvalue weighted by Gasteiger charge is -2.07. The molecule has 21 heavy (non-hydrogen) atoms. The van der Waals surface area contributed by atoms with Gasteiger partial charge in [0.05, 0.1) is 22.2 Å². The number of ether oxygens (including phenoxy) is 1. The van der Waals surface area contributed by atoms with Gasteiger partial charge in [0.15, 0.2) is 11.6 Å². The molecule has 2 rings (SSSR count). The Hall–Kier alpha value is -2.45. The van der Waals surface area contributed by atoms with E-state index in [0.717, 1.165) is 6.07 Å². The molecule has 6 heteroatoms. The number of benzene rings is 2. The fourth-order valence-corrected chi connectivity index (χ4v) is 1.81. The van der Waals surface area contributed by atoms with Gasteiger partial charge < -0.3 is 4.74 Å². The van der Waals surface area contributed by atoms with Crippen molar-refractivity contribution >= 4 is 17.6 Å². The first-order chi connectivity index (χ1) is 10.0. The summed E-state index contributed by atoms with van der Waals surface area (Å²) in [5, 5.41) is 8.43. The van der Waals surface area contributed by atoms with Crippen LogP contribution in [0.4, 0.5) is 8.78 Å². The topological polar surface area (TPSA) is 50.1 Å². The van der Waals surface area contributed by atoms with Crippen molar-refractivity contribution in [2.75, 3.05) is 0 Å². The number of rotatable bonds is 3. The standard InChI is InChI=1S/C15H8ClF2NO2/c16-12-6-14(18)13(17)5-11(12)15(20)21-8-10-3-1-9(7-19)2-4-10/h1-6H,8H2. The lowest BCUT2D eigenvalue weighted by molar-refractivity contribution is 0.0472. The molecule has 0 radical (unpaired) electrons. The van der Waals surface area contributed by atoms with E-state index in [1.165, 1.54) is 0 Å². The number of nitrogens with zero attached hydrogens (tertiary/aromatic N) is 1. The summed E-state index contributed by atoms with van der Waals surface area (Å²) >= 11 is 5.67. The van der Waals surface area contributed by atoms with E-state index >= 15 is 0 Å². The van der Waals surface area contributed by atoms with Gasteiger partial charge in [-0.05, 0) is 29.8 Å². The fraction of sp³-hybridized carbons (Fsp3) is 0.0667. The number of hydrogen-bond donors (Lipinski definition) is 0. The molecule has 0 saturated carbocycles. The van der Waals surface area contributed by atoms with Crippen LogP contribution >= 0.6 is 11.6 Å². The Balaban J connectivity index is 2.08. The van der Waals surface area contributed by atoms with Gasteiger partial charge in [0.1, 0.15) is 6.61 Å². The van der Waals surface area contributed by atoms with Gasteiger partial charge in [-0.2, -0.15) is 5.26 Å². The minimum absolute atomic E-state index is 0.0696. The molecule has 0 aliphatic carbocycles. The smallest absolute Gasteiger partial charge is 0.340 e. The highest BCUT2D eigenvalue weighted by Crippen LogP contribution is 2.21. The van der Waals surface area contributed by atoms with Crippen molar-refractivity contribution in [2.24, 2.45) is 0 Å². The summed E-state index contributed by atoms with van der Waals surface area (Å²) in [6, 6.07) is 9.77. The number of carbonyl (C=O) groups is 1. The van der Waals surface area contributed by atoms with Crippen LogP contribution in [-0.4, -0.2) is 5.97 Å². The lowest BCUT2D eigenvalue weighted by atomic mass is 10.1. The van der Waals surface area contributed by atoms with Crippen LogP contribution in [0.25, 0.3) is 0 Å². The second-order valence-corrected chi connectivity index (χ2v) is 4.54. The number of halogens is 3. The third-order valence-corrected chi connectivity index (χ3v) is 3.00. The van der Waals surface area contributed by atoms with Crippen LogP contribution in [0, 0.1) is 23.0 Å². The highest BCUT2D eigenvalue weighted by Gasteiger charge is 2.16. The highest BCUT2D eigenvalue weighted by atomic mass is 35.5. The van der Waals surface area contributed by atoms with Gasteiger partial charge in [0.25, 0.3) is 0 Å². The van der Waals surface area contributed by atoms with Gasteiger partial charge in [-0.15, -0.1) is 0 Å². The van der Waals surface area contributed by atoms with Crippen molar-refractivity contribution < 1.29 is 18.3 Å². The first-order valence-corrected chi connectivity index (χ1v) is 6.20. The second kappa shape index (κ2) is 6.33. The molecular formula is C15H8ClF2NO2. The Kier molecular flexibility index (Phi) is 4.51. The molecule has 0 aromatic heterocycles. The number of hydrogen-bond acceptors (Lipinski definition) is 3. The summed E-state index contributed by atoms with van der Waals surface area (Å²) in [6.07, 6.45) is 0. The van der Waals surface area contributed by atoms with E-state index in [-0.39, 0.29) is 17.2 Å². The van der Waals surface area contributed by atoms with Crippen LogP contribution in [0.5, 0.6) is 0 Å². The van der Waals surface area contributed by atoms with Crippen molar-refractivity contribution in [3.8, 4) is 6.07 Å². The summed E-state index contributed by atoms with van der Waals surface area (Å²) in [4.78, 5) is 11.8. The van der Waals surface area contributed by atoms with E-state index in [0.29, 0.717) is 17.2 Å². The van der Waals surface area contributed by atoms with Crippen LogP contribution in [0.2, 0.25) is 5.02 Å². The second-order valence-electron chi connectivity index (χ2n) is 4.13. The van der Waals surface area contributed by atoms with E-state index in [1.54, 1.807) is 24.3 Å². The van der Waals surface area contributed by atoms with E-state index < -0.39 is 17.6 Å². The zero-order valence-corrected chi connectivity index (χ0v) is 11.3. The molecule has 3 nitrogen and oxygen atoms in total. The molecule has 0 bridgehead atoms. The third-order valence-electron chi connectivity index (χ3n) is 2.68. The molecule has 0 unspecified atom stereocenters. The van der Waals surface area contributed by atoms with Crippen molar-refractivity contribution in [1.82, 2.24) is 0 Å². The van der Waals surface area contributed by atoms with Crippen LogP contribution in [0.1, 0.15) is 21.5 Å². The predicted molar refractivity (Wildman–Crippen MR) is 71.6 cm³/mol. The summed E-state index contributed by atoms with van der Waals surface area (Å²) < 4.78 is 31.0. The number of carbonyl (C=O) groups excluding carboxylic acids is 1. The van der Waals surface area contributed by atoms with Crippen LogP contribution in [0.15, 0.2) is 36.4 Å². The van der Waals surface area contributed by atoms with E-state index in [2.05, 4.69) is 0 Å². The van der Waals surface area contributed by atoms with E-state index in [4.69, 9.17) is 21.6 Å². The Morgan fingerprint density at radius 1 is 1.19 bits per heavy atom. The van der Waals surface area contributed by atoms with Gasteiger partial charge in [-0.1, -0.05) is 23.7 Å². The maximum Gasteiger partial charge on any atom is 0.340 e. The molecule has 0 saturated heterocycles. The quantitative estimate of drug-likeness (QED) is 0.639. The number of nitriles is 1. The van der Waals surface area contributed by atoms with Crippen LogP contribution in [-0.2, 0) is 11.3 Å². The molecular weight excluding hydrogens is 300 g/mol. The molecule has 106 valence electrons. The molecule has 0 atom stereocenters. The molecule has 0 heterocycles. The van der Waals surface area contributed by atoms with Gasteiger partial charge in [-0.25, -0.2) is 13.6 Å². The molecule has 0 amide bonds. The number of esters is 1.